The number of halogens is 2. The zero-order chi connectivity index (χ0) is 33.8. The highest BCUT2D eigenvalue weighted by atomic mass is 19.3. The number of nitrogens with one attached hydrogen (secondary N) is 3. The third-order valence-corrected chi connectivity index (χ3v) is 9.03. The van der Waals surface area contributed by atoms with Crippen molar-refractivity contribution in [1.29, 1.82) is 0 Å². The van der Waals surface area contributed by atoms with E-state index in [2.05, 4.69) is 46.4 Å². The smallest absolute Gasteiger partial charge is 0.274 e. The van der Waals surface area contributed by atoms with Crippen LogP contribution in [0.5, 0.6) is 0 Å². The van der Waals surface area contributed by atoms with Gasteiger partial charge in [-0.2, -0.15) is 0 Å². The number of pyridine rings is 1. The Hall–Kier alpha value is -4.79. The first-order valence-corrected chi connectivity index (χ1v) is 16.6. The Bertz CT molecular complexity index is 1820. The normalized spacial score (nSPS) is 20.0. The monoisotopic (exact) mass is 671 g/mol. The number of carbonyl (C=O) groups excluding carboxylic acids is 2. The van der Waals surface area contributed by atoms with Crippen LogP contribution < -0.4 is 15.5 Å². The van der Waals surface area contributed by atoms with Gasteiger partial charge in [0.15, 0.2) is 0 Å². The average molecular weight is 672 g/mol. The Morgan fingerprint density at radius 2 is 1.84 bits per heavy atom. The first kappa shape index (κ1) is 32.7. The Balaban J connectivity index is 0.919. The van der Waals surface area contributed by atoms with Gasteiger partial charge in [-0.3, -0.25) is 24.4 Å². The van der Waals surface area contributed by atoms with Crippen LogP contribution >= 0.6 is 0 Å². The SMILES string of the molecule is O=C(/C=C/CN1CC(F)(F)C1)N[C@@H]1CCCN(Cc2ccnc(C(=O)Nc3ccc(-c4cc5c(N6CCOCC6)ncnc5[nH]4)cc3)c2)C1. The molecule has 3 aliphatic heterocycles. The van der Waals surface area contributed by atoms with Crippen LogP contribution in [0.25, 0.3) is 22.3 Å². The molecule has 1 atom stereocenters. The molecule has 0 spiro atoms. The fourth-order valence-corrected chi connectivity index (χ4v) is 6.60. The molecule has 1 aromatic carbocycles. The van der Waals surface area contributed by atoms with E-state index in [1.165, 1.54) is 6.08 Å². The number of carbonyl (C=O) groups is 2. The fourth-order valence-electron chi connectivity index (χ4n) is 6.60. The lowest BCUT2D eigenvalue weighted by molar-refractivity contribution is -0.126. The van der Waals surface area contributed by atoms with Gasteiger partial charge in [0, 0.05) is 62.4 Å². The van der Waals surface area contributed by atoms with E-state index < -0.39 is 5.92 Å². The molecule has 0 radical (unpaired) electrons. The number of hydrogen-bond acceptors (Lipinski definition) is 9. The Morgan fingerprint density at radius 1 is 1.02 bits per heavy atom. The lowest BCUT2D eigenvalue weighted by atomic mass is 10.0. The molecule has 0 saturated carbocycles. The third-order valence-electron chi connectivity index (χ3n) is 9.03. The van der Waals surface area contributed by atoms with E-state index in [-0.39, 0.29) is 30.9 Å². The molecular weight excluding hydrogens is 632 g/mol. The minimum absolute atomic E-state index is 0.0177. The van der Waals surface area contributed by atoms with Crippen LogP contribution in [-0.4, -0.2) is 113 Å². The van der Waals surface area contributed by atoms with E-state index >= 15 is 0 Å². The van der Waals surface area contributed by atoms with E-state index in [1.54, 1.807) is 29.6 Å². The number of amides is 2. The van der Waals surface area contributed by atoms with Crippen molar-refractivity contribution in [3.63, 3.8) is 0 Å². The van der Waals surface area contributed by atoms with Crippen LogP contribution in [0.3, 0.4) is 0 Å². The molecule has 2 amide bonds. The summed E-state index contributed by atoms with van der Waals surface area (Å²) in [7, 11) is 0. The minimum atomic E-state index is -2.61. The van der Waals surface area contributed by atoms with Crippen molar-refractivity contribution in [3.05, 3.63) is 78.4 Å². The van der Waals surface area contributed by atoms with Gasteiger partial charge in [0.2, 0.25) is 5.91 Å². The summed E-state index contributed by atoms with van der Waals surface area (Å²) in [5.74, 6) is -2.24. The van der Waals surface area contributed by atoms with Gasteiger partial charge in [0.1, 0.15) is 23.5 Å². The Labute approximate surface area is 282 Å². The Kier molecular flexibility index (Phi) is 9.60. The van der Waals surface area contributed by atoms with Crippen LogP contribution in [0, 0.1) is 0 Å². The number of ether oxygens (including phenoxy) is 1. The van der Waals surface area contributed by atoms with Gasteiger partial charge in [0.25, 0.3) is 11.8 Å². The standard InChI is InChI=1S/C35H39F2N9O3/c36-35(37)21-45(22-35)12-2-4-31(47)41-27-3-1-11-44(20-27)19-24-9-10-38-30(17-24)34(48)42-26-7-5-25(6-8-26)29-18-28-32(43-29)39-23-40-33(28)46-13-15-49-16-14-46/h2,4-10,17-18,23,27H,1,3,11-16,19-22H2,(H,41,47)(H,42,48)(H,39,40,43)/b4-2+/t27-/m1/s1. The van der Waals surface area contributed by atoms with Gasteiger partial charge in [-0.1, -0.05) is 18.2 Å². The third kappa shape index (κ3) is 8.10. The van der Waals surface area contributed by atoms with E-state index in [0.29, 0.717) is 44.2 Å². The van der Waals surface area contributed by atoms with Crippen molar-refractivity contribution in [2.45, 2.75) is 31.4 Å². The van der Waals surface area contributed by atoms with Gasteiger partial charge in [-0.05, 0) is 60.8 Å². The van der Waals surface area contributed by atoms with Gasteiger partial charge in [-0.15, -0.1) is 0 Å². The molecule has 4 aromatic rings. The summed E-state index contributed by atoms with van der Waals surface area (Å²) in [5, 5.41) is 6.93. The van der Waals surface area contributed by atoms with Gasteiger partial charge < -0.3 is 25.3 Å². The van der Waals surface area contributed by atoms with Gasteiger partial charge in [0.05, 0.1) is 31.7 Å². The second kappa shape index (κ2) is 14.4. The van der Waals surface area contributed by atoms with Crippen LogP contribution in [-0.2, 0) is 16.1 Å². The molecule has 12 nitrogen and oxygen atoms in total. The number of piperidine rings is 1. The largest absolute Gasteiger partial charge is 0.378 e. The highest BCUT2D eigenvalue weighted by Gasteiger charge is 2.42. The molecule has 0 unspecified atom stereocenters. The summed E-state index contributed by atoms with van der Waals surface area (Å²) in [4.78, 5) is 48.3. The molecule has 49 heavy (non-hydrogen) atoms. The number of nitrogens with zero attached hydrogens (tertiary/aromatic N) is 6. The molecular formula is C35H39F2N9O3. The van der Waals surface area contributed by atoms with Crippen LogP contribution in [0.2, 0.25) is 0 Å². The molecule has 0 aliphatic carbocycles. The second-order valence-electron chi connectivity index (χ2n) is 12.8. The number of aromatic nitrogens is 4. The minimum Gasteiger partial charge on any atom is -0.378 e. The molecule has 6 heterocycles. The molecule has 3 aliphatic rings. The van der Waals surface area contributed by atoms with Crippen molar-refractivity contribution in [2.75, 3.05) is 69.2 Å². The van der Waals surface area contributed by atoms with E-state index in [9.17, 15) is 18.4 Å². The van der Waals surface area contributed by atoms with Crippen LogP contribution in [0.4, 0.5) is 20.3 Å². The quantitative estimate of drug-likeness (QED) is 0.216. The first-order valence-electron chi connectivity index (χ1n) is 16.6. The summed E-state index contributed by atoms with van der Waals surface area (Å²) < 4.78 is 31.5. The molecule has 3 N–H and O–H groups in total. The number of aromatic amines is 1. The predicted molar refractivity (Wildman–Crippen MR) is 182 cm³/mol. The number of fused-ring (bicyclic) bond motifs is 1. The van der Waals surface area contributed by atoms with Crippen molar-refractivity contribution in [1.82, 2.24) is 35.1 Å². The number of hydrogen-bond donors (Lipinski definition) is 3. The van der Waals surface area contributed by atoms with Gasteiger partial charge in [-0.25, -0.2) is 18.7 Å². The molecule has 256 valence electrons. The van der Waals surface area contributed by atoms with Crippen LogP contribution in [0.15, 0.2) is 67.1 Å². The lowest BCUT2D eigenvalue weighted by Crippen LogP contribution is -2.55. The predicted octanol–water partition coefficient (Wildman–Crippen LogP) is 3.70. The maximum absolute atomic E-state index is 13.2. The van der Waals surface area contributed by atoms with Crippen LogP contribution in [0.1, 0.15) is 28.9 Å². The van der Waals surface area contributed by atoms with Crippen molar-refractivity contribution in [3.8, 4) is 11.3 Å². The summed E-state index contributed by atoms with van der Waals surface area (Å²) in [6.45, 7) is 4.89. The van der Waals surface area contributed by atoms with E-state index in [1.807, 2.05) is 30.3 Å². The Morgan fingerprint density at radius 3 is 2.63 bits per heavy atom. The maximum Gasteiger partial charge on any atom is 0.274 e. The summed E-state index contributed by atoms with van der Waals surface area (Å²) in [6, 6.07) is 13.3. The van der Waals surface area contributed by atoms with Gasteiger partial charge >= 0.3 is 0 Å². The first-order chi connectivity index (χ1) is 23.8. The number of benzene rings is 1. The lowest BCUT2D eigenvalue weighted by Gasteiger charge is -2.37. The molecule has 0 bridgehead atoms. The number of rotatable bonds is 10. The number of morpholine rings is 1. The molecule has 3 fully saturated rings. The molecule has 3 saturated heterocycles. The highest BCUT2D eigenvalue weighted by Crippen LogP contribution is 2.30. The summed E-state index contributed by atoms with van der Waals surface area (Å²) in [5.41, 5.74) is 4.55. The van der Waals surface area contributed by atoms with E-state index in [4.69, 9.17) is 4.74 Å². The van der Waals surface area contributed by atoms with E-state index in [0.717, 1.165) is 66.1 Å². The van der Waals surface area contributed by atoms with Crippen molar-refractivity contribution >= 4 is 34.4 Å². The maximum atomic E-state index is 13.2. The number of H-pyrrole nitrogens is 1. The fraction of sp³-hybridized carbons (Fsp3) is 0.400. The highest BCUT2D eigenvalue weighted by molar-refractivity contribution is 6.03. The van der Waals surface area contributed by atoms with Crippen molar-refractivity contribution in [2.24, 2.45) is 0 Å². The number of alkyl halides is 2. The second-order valence-corrected chi connectivity index (χ2v) is 12.8. The summed E-state index contributed by atoms with van der Waals surface area (Å²) >= 11 is 0. The molecule has 7 rings (SSSR count). The number of likely N-dealkylation sites (tertiary alicyclic amines) is 2. The van der Waals surface area contributed by atoms with Crippen molar-refractivity contribution < 1.29 is 23.1 Å². The average Bonchev–Trinajstić information content (AvgIpc) is 3.53. The summed E-state index contributed by atoms with van der Waals surface area (Å²) in [6.07, 6.45) is 8.05. The molecule has 3 aromatic heterocycles. The topological polar surface area (TPSA) is 132 Å². The zero-order valence-electron chi connectivity index (χ0n) is 27.1. The zero-order valence-corrected chi connectivity index (χ0v) is 27.1. The molecule has 14 heteroatoms. The number of anilines is 2.